The van der Waals surface area contributed by atoms with Gasteiger partial charge in [0.05, 0.1) is 16.4 Å². The Morgan fingerprint density at radius 1 is 1.10 bits per heavy atom. The smallest absolute Gasteiger partial charge is 0.292 e. The van der Waals surface area contributed by atoms with E-state index in [0.717, 1.165) is 12.7 Å². The Balaban J connectivity index is 2.19. The highest BCUT2D eigenvalue weighted by molar-refractivity contribution is 7.13. The molecule has 29 heavy (non-hydrogen) atoms. The minimum Gasteiger partial charge on any atom is -0.292 e. The van der Waals surface area contributed by atoms with Gasteiger partial charge in [-0.3, -0.25) is 9.36 Å². The monoisotopic (exact) mass is 443 g/mol. The molecule has 3 rings (SSSR count). The molecule has 154 valence electrons. The first-order chi connectivity index (χ1) is 13.3. The summed E-state index contributed by atoms with van der Waals surface area (Å²) in [6.07, 6.45) is -4.82. The van der Waals surface area contributed by atoms with E-state index in [1.807, 2.05) is 26.2 Å². The van der Waals surface area contributed by atoms with E-state index >= 15 is 0 Å². The molecule has 3 aromatic rings. The molecule has 2 heterocycles. The second-order valence-corrected chi connectivity index (χ2v) is 8.76. The summed E-state index contributed by atoms with van der Waals surface area (Å²) in [7, 11) is 0.967. The van der Waals surface area contributed by atoms with Crippen molar-refractivity contribution in [1.29, 1.82) is 0 Å². The summed E-state index contributed by atoms with van der Waals surface area (Å²) in [5.41, 5.74) is -2.24. The molecule has 0 N–H and O–H groups in total. The van der Waals surface area contributed by atoms with Gasteiger partial charge in [-0.15, -0.1) is 11.3 Å². The van der Waals surface area contributed by atoms with Crippen LogP contribution in [0.1, 0.15) is 32.2 Å². The van der Waals surface area contributed by atoms with E-state index in [1.54, 1.807) is 0 Å². The van der Waals surface area contributed by atoms with Gasteiger partial charge in [-0.1, -0.05) is 32.4 Å². The van der Waals surface area contributed by atoms with Gasteiger partial charge >= 0.3 is 11.9 Å². The molecule has 1 aromatic carbocycles. The fourth-order valence-electron chi connectivity index (χ4n) is 2.69. The van der Waals surface area contributed by atoms with E-state index in [-0.39, 0.29) is 11.1 Å². The molecule has 0 atom stereocenters. The highest BCUT2D eigenvalue weighted by Crippen LogP contribution is 2.34. The average molecular weight is 444 g/mol. The Kier molecular flexibility index (Phi) is 5.25. The van der Waals surface area contributed by atoms with Crippen molar-refractivity contribution in [2.75, 3.05) is 0 Å². The van der Waals surface area contributed by atoms with E-state index in [2.05, 4.69) is 4.98 Å². The number of thiazole rings is 1. The third-order valence-electron chi connectivity index (χ3n) is 4.32. The molecule has 0 unspecified atom stereocenters. The Morgan fingerprint density at radius 2 is 1.76 bits per heavy atom. The Morgan fingerprint density at radius 3 is 2.31 bits per heavy atom. The molecule has 0 aliphatic carbocycles. The van der Waals surface area contributed by atoms with Crippen molar-refractivity contribution in [3.63, 3.8) is 0 Å². The predicted molar refractivity (Wildman–Crippen MR) is 107 cm³/mol. The minimum absolute atomic E-state index is 0.108. The van der Waals surface area contributed by atoms with Gasteiger partial charge in [0.25, 0.3) is 5.56 Å². The fraction of sp³-hybridized carbons (Fsp3) is 0.316. The van der Waals surface area contributed by atoms with Gasteiger partial charge in [0.1, 0.15) is 10.7 Å². The van der Waals surface area contributed by atoms with Crippen LogP contribution in [0.2, 0.25) is 5.02 Å². The largest absolute Gasteiger partial charge is 0.431 e. The summed E-state index contributed by atoms with van der Waals surface area (Å²) in [5.74, 6) is 0. The van der Waals surface area contributed by atoms with E-state index in [1.165, 1.54) is 29.5 Å². The van der Waals surface area contributed by atoms with Gasteiger partial charge in [-0.25, -0.2) is 14.3 Å². The molecule has 0 aliphatic rings. The number of benzene rings is 1. The minimum atomic E-state index is -4.82. The number of nitrogens with zero attached hydrogens (tertiary/aromatic N) is 3. The standard InChI is InChI=1S/C19H17ClF3N3O2S/c1-18(2,3)13-9-29-16(24-13)11-7-10(5-6-12(11)20)26-15(27)8-14(19(21,22)23)25(4)17(26)28/h5-9H,1-4H3. The molecule has 0 spiro atoms. The SMILES string of the molecule is Cn1c(C(F)(F)F)cc(=O)n(-c2ccc(Cl)c(-c3nc(C(C)(C)C)cs3)c2)c1=O. The van der Waals surface area contributed by atoms with Crippen LogP contribution in [0.25, 0.3) is 16.3 Å². The summed E-state index contributed by atoms with van der Waals surface area (Å²) < 4.78 is 40.2. The second-order valence-electron chi connectivity index (χ2n) is 7.49. The Hall–Kier alpha value is -2.39. The lowest BCUT2D eigenvalue weighted by Gasteiger charge is -2.15. The van der Waals surface area contributed by atoms with Crippen molar-refractivity contribution in [2.24, 2.45) is 7.05 Å². The van der Waals surface area contributed by atoms with Crippen molar-refractivity contribution in [3.8, 4) is 16.3 Å². The first-order valence-electron chi connectivity index (χ1n) is 8.47. The van der Waals surface area contributed by atoms with Gasteiger partial charge in [0, 0.05) is 29.5 Å². The van der Waals surface area contributed by atoms with Crippen LogP contribution in [0, 0.1) is 0 Å². The number of aromatic nitrogens is 3. The molecule has 5 nitrogen and oxygen atoms in total. The number of hydrogen-bond acceptors (Lipinski definition) is 4. The molecule has 0 bridgehead atoms. The number of halogens is 4. The van der Waals surface area contributed by atoms with E-state index in [9.17, 15) is 22.8 Å². The summed E-state index contributed by atoms with van der Waals surface area (Å²) in [6.45, 7) is 6.03. The van der Waals surface area contributed by atoms with Gasteiger partial charge in [-0.2, -0.15) is 13.2 Å². The summed E-state index contributed by atoms with van der Waals surface area (Å²) in [6, 6.07) is 4.76. The van der Waals surface area contributed by atoms with Crippen LogP contribution in [0.15, 0.2) is 39.2 Å². The topological polar surface area (TPSA) is 56.9 Å². The van der Waals surface area contributed by atoms with E-state index in [0.29, 0.717) is 30.8 Å². The van der Waals surface area contributed by atoms with Gasteiger partial charge < -0.3 is 0 Å². The van der Waals surface area contributed by atoms with Crippen LogP contribution in [-0.2, 0) is 18.6 Å². The molecule has 0 aliphatic heterocycles. The van der Waals surface area contributed by atoms with Crippen LogP contribution >= 0.6 is 22.9 Å². The van der Waals surface area contributed by atoms with Crippen molar-refractivity contribution in [2.45, 2.75) is 32.4 Å². The quantitative estimate of drug-likeness (QED) is 0.580. The van der Waals surface area contributed by atoms with Crippen molar-refractivity contribution in [3.05, 3.63) is 66.9 Å². The van der Waals surface area contributed by atoms with Crippen LogP contribution < -0.4 is 11.2 Å². The predicted octanol–water partition coefficient (Wildman–Crippen LogP) is 4.63. The lowest BCUT2D eigenvalue weighted by atomic mass is 9.93. The molecular formula is C19H17ClF3N3O2S. The summed E-state index contributed by atoms with van der Waals surface area (Å²) in [4.78, 5) is 29.4. The summed E-state index contributed by atoms with van der Waals surface area (Å²) >= 11 is 7.63. The van der Waals surface area contributed by atoms with Crippen LogP contribution in [0.3, 0.4) is 0 Å². The van der Waals surface area contributed by atoms with Crippen LogP contribution in [0.4, 0.5) is 13.2 Å². The molecular weight excluding hydrogens is 427 g/mol. The first-order valence-corrected chi connectivity index (χ1v) is 9.73. The Labute approximate surface area is 173 Å². The highest BCUT2D eigenvalue weighted by atomic mass is 35.5. The maximum Gasteiger partial charge on any atom is 0.431 e. The molecule has 0 saturated heterocycles. The zero-order valence-corrected chi connectivity index (χ0v) is 17.5. The molecule has 0 saturated carbocycles. The number of alkyl halides is 3. The van der Waals surface area contributed by atoms with Crippen LogP contribution in [-0.4, -0.2) is 14.1 Å². The molecule has 0 fully saturated rings. The van der Waals surface area contributed by atoms with Crippen molar-refractivity contribution < 1.29 is 13.2 Å². The highest BCUT2D eigenvalue weighted by Gasteiger charge is 2.35. The zero-order chi connectivity index (χ0) is 21.7. The van der Waals surface area contributed by atoms with E-state index in [4.69, 9.17) is 11.6 Å². The maximum atomic E-state index is 13.0. The van der Waals surface area contributed by atoms with Gasteiger partial charge in [0.15, 0.2) is 0 Å². The van der Waals surface area contributed by atoms with Crippen molar-refractivity contribution in [1.82, 2.24) is 14.1 Å². The third-order valence-corrected chi connectivity index (χ3v) is 5.53. The molecule has 10 heteroatoms. The van der Waals surface area contributed by atoms with E-state index < -0.39 is 23.1 Å². The normalized spacial score (nSPS) is 12.4. The molecule has 2 aromatic heterocycles. The van der Waals surface area contributed by atoms with Crippen LogP contribution in [0.5, 0.6) is 0 Å². The lowest BCUT2D eigenvalue weighted by Crippen LogP contribution is -2.40. The first kappa shape index (κ1) is 21.3. The average Bonchev–Trinajstić information content (AvgIpc) is 3.09. The third kappa shape index (κ3) is 4.02. The fourth-order valence-corrected chi connectivity index (χ4v) is 4.03. The lowest BCUT2D eigenvalue weighted by molar-refractivity contribution is -0.144. The van der Waals surface area contributed by atoms with Gasteiger partial charge in [-0.05, 0) is 18.2 Å². The van der Waals surface area contributed by atoms with Gasteiger partial charge in [0.2, 0.25) is 0 Å². The zero-order valence-electron chi connectivity index (χ0n) is 16.0. The van der Waals surface area contributed by atoms with Crippen molar-refractivity contribution >= 4 is 22.9 Å². The molecule has 0 amide bonds. The number of rotatable bonds is 2. The Bertz CT molecular complexity index is 1200. The molecule has 0 radical (unpaired) electrons. The maximum absolute atomic E-state index is 13.0. The second kappa shape index (κ2) is 7.14. The summed E-state index contributed by atoms with van der Waals surface area (Å²) in [5, 5.41) is 2.82. The number of hydrogen-bond donors (Lipinski definition) is 0.